The van der Waals surface area contributed by atoms with Gasteiger partial charge in [0.05, 0.1) is 10.9 Å². The molecule has 0 spiro atoms. The van der Waals surface area contributed by atoms with Crippen LogP contribution in [-0.4, -0.2) is 67.7 Å². The molecule has 13 heteroatoms. The van der Waals surface area contributed by atoms with Crippen LogP contribution in [0.5, 0.6) is 0 Å². The Bertz CT molecular complexity index is 1430. The van der Waals surface area contributed by atoms with E-state index in [0.717, 1.165) is 30.6 Å². The molecule has 4 rings (SSSR count). The van der Waals surface area contributed by atoms with Gasteiger partial charge in [0.2, 0.25) is 0 Å². The highest BCUT2D eigenvalue weighted by atomic mass is 35.5. The molecule has 2 aliphatic rings. The monoisotopic (exact) mass is 611 g/mol. The Balaban J connectivity index is 0.00000280. The van der Waals surface area contributed by atoms with Crippen molar-refractivity contribution in [2.24, 2.45) is 5.73 Å². The zero-order valence-electron chi connectivity index (χ0n) is 22.3. The van der Waals surface area contributed by atoms with Gasteiger partial charge < -0.3 is 15.7 Å². The average molecular weight is 613 g/mol. The van der Waals surface area contributed by atoms with Crippen LogP contribution in [0.4, 0.5) is 0 Å². The van der Waals surface area contributed by atoms with E-state index in [9.17, 15) is 23.1 Å². The van der Waals surface area contributed by atoms with Gasteiger partial charge in [-0.2, -0.15) is 0 Å². The highest BCUT2D eigenvalue weighted by molar-refractivity contribution is 7.90. The van der Waals surface area contributed by atoms with Gasteiger partial charge >= 0.3 is 5.97 Å². The fraction of sp³-hybridized carbons (Fsp3) is 0.370. The first-order chi connectivity index (χ1) is 17.9. The highest BCUT2D eigenvalue weighted by Gasteiger charge is 2.47. The fourth-order valence-corrected chi connectivity index (χ4v) is 5.96. The van der Waals surface area contributed by atoms with Crippen LogP contribution < -0.4 is 15.8 Å². The smallest absolute Gasteiger partial charge is 0.332 e. The number of rotatable bonds is 8. The zero-order chi connectivity index (χ0) is 27.7. The lowest BCUT2D eigenvalue weighted by Crippen LogP contribution is -2.63. The Kier molecular flexibility index (Phi) is 11.1. The molecule has 2 aromatic carbocycles. The summed E-state index contributed by atoms with van der Waals surface area (Å²) in [6.07, 6.45) is 4.18. The predicted molar refractivity (Wildman–Crippen MR) is 158 cm³/mol. The van der Waals surface area contributed by atoms with Crippen molar-refractivity contribution < 1.29 is 23.1 Å². The maximum absolute atomic E-state index is 13.1. The molecule has 0 radical (unpaired) electrons. The molecular weight excluding hydrogens is 577 g/mol. The summed E-state index contributed by atoms with van der Waals surface area (Å²) < 4.78 is 28.6. The average Bonchev–Trinajstić information content (AvgIpc) is 2.88. The van der Waals surface area contributed by atoms with E-state index in [4.69, 9.17) is 11.1 Å². The topological polar surface area (TPSA) is 166 Å². The Morgan fingerprint density at radius 2 is 1.90 bits per heavy atom. The molecular formula is C27H35Cl2N5O5S. The minimum absolute atomic E-state index is 0. The maximum atomic E-state index is 13.1. The minimum Gasteiger partial charge on any atom is -0.480 e. The lowest BCUT2D eigenvalue weighted by atomic mass is 9.82. The van der Waals surface area contributed by atoms with Gasteiger partial charge in [0.15, 0.2) is 11.3 Å². The van der Waals surface area contributed by atoms with E-state index in [0.29, 0.717) is 16.7 Å². The molecule has 2 aromatic rings. The van der Waals surface area contributed by atoms with Crippen LogP contribution in [0.3, 0.4) is 0 Å². The number of halogens is 2. The standard InChI is InChI=1S/C27H33N5O5S.2ClH/c1-17-5-6-18(14-23(28)24(33)27(26(34)35)10-3-4-11-30-27)13-22(17)25(29)31-38(36,37)21-8-7-20-16-32(2)12-9-19(20)15-21;;/h3-8,13,15,23,30H,9-12,14,16,28H2,1-2H3,(H2,29,31)(H,34,35);2*1H/t23?,27-;;/m1../s1. The van der Waals surface area contributed by atoms with E-state index >= 15 is 0 Å². The number of hydrogen-bond acceptors (Lipinski definition) is 8. The fourth-order valence-electron chi connectivity index (χ4n) is 4.92. The second-order valence-corrected chi connectivity index (χ2v) is 11.7. The first kappa shape index (κ1) is 33.4. The first-order valence-electron chi connectivity index (χ1n) is 12.4. The lowest BCUT2D eigenvalue weighted by molar-refractivity contribution is -0.150. The number of Topliss-reactive ketones (excluding diaryl/α,β-unsaturated/α-hetero) is 1. The number of amidine groups is 1. The lowest BCUT2D eigenvalue weighted by Gasteiger charge is -2.32. The SMILES string of the molecule is Cc1ccc(CC(N)C(=O)[C@@]2(C(=O)O)CC=CCN2)cc1C(=N)NS(=O)(=O)c1ccc2c(c1)CCN(C)C2.Cl.Cl. The number of fused-ring (bicyclic) bond motifs is 1. The van der Waals surface area contributed by atoms with E-state index in [1.807, 2.05) is 13.1 Å². The largest absolute Gasteiger partial charge is 0.480 e. The number of ketones is 1. The third kappa shape index (κ3) is 6.91. The Labute approximate surface area is 246 Å². The summed E-state index contributed by atoms with van der Waals surface area (Å²) in [6.45, 7) is 3.60. The van der Waals surface area contributed by atoms with E-state index < -0.39 is 33.4 Å². The molecule has 1 unspecified atom stereocenters. The number of carbonyl (C=O) groups excluding carboxylic acids is 1. The third-order valence-electron chi connectivity index (χ3n) is 7.19. The van der Waals surface area contributed by atoms with Crippen molar-refractivity contribution in [1.82, 2.24) is 14.9 Å². The van der Waals surface area contributed by atoms with Crippen LogP contribution in [0.1, 0.15) is 34.2 Å². The van der Waals surface area contributed by atoms with Crippen molar-refractivity contribution in [3.8, 4) is 0 Å². The maximum Gasteiger partial charge on any atom is 0.332 e. The molecule has 40 heavy (non-hydrogen) atoms. The molecule has 0 aliphatic carbocycles. The van der Waals surface area contributed by atoms with Gasteiger partial charge in [-0.05, 0) is 67.3 Å². The van der Waals surface area contributed by atoms with Gasteiger partial charge in [0.25, 0.3) is 10.0 Å². The Morgan fingerprint density at radius 3 is 2.55 bits per heavy atom. The van der Waals surface area contributed by atoms with Crippen LogP contribution in [0.2, 0.25) is 0 Å². The van der Waals surface area contributed by atoms with E-state index in [2.05, 4.69) is 14.9 Å². The zero-order valence-corrected chi connectivity index (χ0v) is 24.7. The highest BCUT2D eigenvalue weighted by Crippen LogP contribution is 2.23. The summed E-state index contributed by atoms with van der Waals surface area (Å²) >= 11 is 0. The summed E-state index contributed by atoms with van der Waals surface area (Å²) in [5, 5.41) is 21.0. The van der Waals surface area contributed by atoms with Gasteiger partial charge in [-0.3, -0.25) is 20.2 Å². The number of benzene rings is 2. The number of carboxylic acid groups (broad SMARTS) is 1. The number of nitrogens with two attached hydrogens (primary N) is 1. The molecule has 0 aromatic heterocycles. The number of aryl methyl sites for hydroxylation is 1. The molecule has 2 atom stereocenters. The van der Waals surface area contributed by atoms with Crippen molar-refractivity contribution >= 4 is 52.4 Å². The molecule has 0 saturated heterocycles. The molecule has 2 aliphatic heterocycles. The summed E-state index contributed by atoms with van der Waals surface area (Å²) in [5.74, 6) is -2.22. The molecule has 0 amide bonds. The van der Waals surface area contributed by atoms with E-state index in [1.165, 1.54) is 0 Å². The summed E-state index contributed by atoms with van der Waals surface area (Å²) in [5.41, 5.74) is 8.04. The third-order valence-corrected chi connectivity index (χ3v) is 8.54. The van der Waals surface area contributed by atoms with E-state index in [1.54, 1.807) is 49.4 Å². The molecule has 0 saturated carbocycles. The van der Waals surface area contributed by atoms with Crippen LogP contribution in [0.15, 0.2) is 53.4 Å². The summed E-state index contributed by atoms with van der Waals surface area (Å²) in [4.78, 5) is 27.3. The van der Waals surface area contributed by atoms with Gasteiger partial charge in [-0.15, -0.1) is 24.8 Å². The summed E-state index contributed by atoms with van der Waals surface area (Å²) in [7, 11) is -1.98. The molecule has 6 N–H and O–H groups in total. The minimum atomic E-state index is -4.00. The number of sulfonamides is 1. The summed E-state index contributed by atoms with van der Waals surface area (Å²) in [6, 6.07) is 8.98. The van der Waals surface area contributed by atoms with E-state index in [-0.39, 0.29) is 54.9 Å². The van der Waals surface area contributed by atoms with Crippen molar-refractivity contribution in [1.29, 1.82) is 5.41 Å². The predicted octanol–water partition coefficient (Wildman–Crippen LogP) is 1.94. The quantitative estimate of drug-likeness (QED) is 0.131. The Morgan fingerprint density at radius 1 is 1.18 bits per heavy atom. The van der Waals surface area contributed by atoms with Crippen molar-refractivity contribution in [3.63, 3.8) is 0 Å². The molecule has 0 bridgehead atoms. The van der Waals surface area contributed by atoms with Crippen LogP contribution in [-0.2, 0) is 39.0 Å². The van der Waals surface area contributed by atoms with Crippen LogP contribution in [0.25, 0.3) is 0 Å². The normalized spacial score (nSPS) is 19.4. The van der Waals surface area contributed by atoms with Gasteiger partial charge in [-0.25, -0.2) is 13.2 Å². The van der Waals surface area contributed by atoms with Gasteiger partial charge in [0.1, 0.15) is 5.84 Å². The molecule has 2 heterocycles. The second-order valence-electron chi connectivity index (χ2n) is 9.99. The number of likely N-dealkylation sites (N-methyl/N-ethyl adjacent to an activating group) is 1. The van der Waals surface area contributed by atoms with Crippen molar-refractivity contribution in [3.05, 3.63) is 76.4 Å². The second kappa shape index (κ2) is 13.2. The number of nitrogens with zero attached hydrogens (tertiary/aromatic N) is 1. The Hall–Kier alpha value is -2.80. The molecule has 0 fully saturated rings. The van der Waals surface area contributed by atoms with Crippen molar-refractivity contribution in [2.45, 2.75) is 49.2 Å². The molecule has 10 nitrogen and oxygen atoms in total. The van der Waals surface area contributed by atoms with Crippen molar-refractivity contribution in [2.75, 3.05) is 20.1 Å². The molecule has 218 valence electrons. The number of aliphatic carboxylic acids is 1. The van der Waals surface area contributed by atoms with Gasteiger partial charge in [0, 0.05) is 31.6 Å². The number of nitrogens with one attached hydrogen (secondary N) is 3. The number of carbonyl (C=O) groups is 2. The van der Waals surface area contributed by atoms with Crippen LogP contribution >= 0.6 is 24.8 Å². The van der Waals surface area contributed by atoms with Crippen LogP contribution in [0, 0.1) is 12.3 Å². The van der Waals surface area contributed by atoms with Gasteiger partial charge in [-0.1, -0.05) is 30.4 Å². The first-order valence-corrected chi connectivity index (χ1v) is 13.9. The number of carboxylic acids is 1. The number of hydrogen-bond donors (Lipinski definition) is 5.